The molecule has 2 fully saturated rings. The Hall–Kier alpha value is -1.04. The molecule has 0 amide bonds. The summed E-state index contributed by atoms with van der Waals surface area (Å²) in [7, 11) is 0. The van der Waals surface area contributed by atoms with Gasteiger partial charge in [-0.3, -0.25) is 19.6 Å². The third-order valence-electron chi connectivity index (χ3n) is 6.71. The minimum Gasteiger partial charge on any atom is -0.870 e. The Bertz CT molecular complexity index is 1080. The Morgan fingerprint density at radius 2 is 1.20 bits per heavy atom. The number of anilines is 2. The Morgan fingerprint density at radius 1 is 0.800 bits per heavy atom. The van der Waals surface area contributed by atoms with E-state index in [0.717, 1.165) is 56.7 Å². The number of hydrogen-bond donors (Lipinski definition) is 1. The van der Waals surface area contributed by atoms with Crippen LogP contribution in [0.1, 0.15) is 45.4 Å². The fraction of sp³-hybridized carbons (Fsp3) is 0.538. The Labute approximate surface area is 277 Å². The maximum atomic E-state index is 11.8. The second-order valence-electron chi connectivity index (χ2n) is 9.22. The normalized spacial score (nSPS) is 19.0. The summed E-state index contributed by atoms with van der Waals surface area (Å²) in [5.74, 6) is -1.11. The van der Waals surface area contributed by atoms with Crippen molar-refractivity contribution in [1.29, 1.82) is 0 Å². The van der Waals surface area contributed by atoms with Crippen LogP contribution >= 0.6 is 46.4 Å². The molecular formula is C26H33Cl4N4NaO5. The van der Waals surface area contributed by atoms with E-state index in [9.17, 15) is 9.59 Å². The molecule has 2 saturated heterocycles. The molecule has 14 heteroatoms. The first-order valence-electron chi connectivity index (χ1n) is 12.7. The topological polar surface area (TPSA) is 126 Å². The standard InChI is InChI=1S/C14H18Cl2N2O2.C12H14Cl2N2O2.Na.H2O/c1-2-20-14(19)10-4-3-6-18(7-5-10)13-11(15)8-17-9-12(13)16;13-9-6-15-7-10(14)11(9)16-4-1-2-8(3-5-16)12(17)18;;/h8-10H,2-7H2,1H3;6-8H,1-5H2,(H,17,18);;1H2/q;;+1;/p-1. The van der Waals surface area contributed by atoms with Gasteiger partial charge in [-0.15, -0.1) is 0 Å². The van der Waals surface area contributed by atoms with E-state index in [1.807, 2.05) is 6.92 Å². The number of esters is 1. The summed E-state index contributed by atoms with van der Waals surface area (Å²) in [4.78, 5) is 34.9. The van der Waals surface area contributed by atoms with Crippen LogP contribution in [0, 0.1) is 11.8 Å². The van der Waals surface area contributed by atoms with Gasteiger partial charge >= 0.3 is 41.5 Å². The molecule has 2 aromatic rings. The maximum absolute atomic E-state index is 11.8. The molecular weight excluding hydrogens is 613 g/mol. The predicted molar refractivity (Wildman–Crippen MR) is 154 cm³/mol. The summed E-state index contributed by atoms with van der Waals surface area (Å²) < 4.78 is 5.11. The SMILES string of the molecule is CCOC(=O)C1CCCN(c2c(Cl)cncc2Cl)CC1.O=C(O)C1CCCN(c2c(Cl)cncc2Cl)CC1.[Na+].[OH-]. The zero-order valence-electron chi connectivity index (χ0n) is 22.7. The molecule has 2 aliphatic heterocycles. The van der Waals surface area contributed by atoms with Crippen molar-refractivity contribution in [1.82, 2.24) is 9.97 Å². The molecule has 2 aliphatic rings. The quantitative estimate of drug-likeness (QED) is 0.384. The maximum Gasteiger partial charge on any atom is 1.00 e. The molecule has 2 atom stereocenters. The van der Waals surface area contributed by atoms with Crippen molar-refractivity contribution < 1.29 is 54.5 Å². The zero-order chi connectivity index (χ0) is 27.7. The van der Waals surface area contributed by atoms with E-state index in [0.29, 0.717) is 46.1 Å². The van der Waals surface area contributed by atoms with Gasteiger partial charge in [-0.2, -0.15) is 0 Å². The average Bonchev–Trinajstić information content (AvgIpc) is 3.26. The van der Waals surface area contributed by atoms with Gasteiger partial charge < -0.3 is 25.1 Å². The van der Waals surface area contributed by atoms with E-state index in [2.05, 4.69) is 19.8 Å². The first-order valence-corrected chi connectivity index (χ1v) is 14.2. The molecule has 0 saturated carbocycles. The summed E-state index contributed by atoms with van der Waals surface area (Å²) >= 11 is 24.6. The summed E-state index contributed by atoms with van der Waals surface area (Å²) in [5, 5.41) is 11.2. The molecule has 40 heavy (non-hydrogen) atoms. The van der Waals surface area contributed by atoms with Gasteiger partial charge in [0.25, 0.3) is 0 Å². The van der Waals surface area contributed by atoms with Crippen LogP contribution in [0.3, 0.4) is 0 Å². The van der Waals surface area contributed by atoms with Crippen molar-refractivity contribution in [3.63, 3.8) is 0 Å². The van der Waals surface area contributed by atoms with Gasteiger partial charge in [-0.05, 0) is 45.4 Å². The predicted octanol–water partition coefficient (Wildman–Crippen LogP) is 3.46. The van der Waals surface area contributed by atoms with E-state index < -0.39 is 5.97 Å². The number of carbonyl (C=O) groups is 2. The van der Waals surface area contributed by atoms with Gasteiger partial charge in [0, 0.05) is 51.0 Å². The van der Waals surface area contributed by atoms with Crippen LogP contribution in [0.2, 0.25) is 20.1 Å². The third-order valence-corrected chi connectivity index (χ3v) is 7.82. The fourth-order valence-corrected chi connectivity index (χ4v) is 6.00. The summed E-state index contributed by atoms with van der Waals surface area (Å²) in [6.45, 7) is 5.26. The number of rotatable bonds is 5. The van der Waals surface area contributed by atoms with Crippen molar-refractivity contribution in [2.24, 2.45) is 11.8 Å². The number of ether oxygens (including phenoxy) is 1. The van der Waals surface area contributed by atoms with Gasteiger partial charge in [-0.25, -0.2) is 0 Å². The minimum absolute atomic E-state index is 0. The molecule has 216 valence electrons. The second-order valence-corrected chi connectivity index (χ2v) is 10.9. The first kappa shape index (κ1) is 37.0. The van der Waals surface area contributed by atoms with Gasteiger partial charge in [0.15, 0.2) is 0 Å². The van der Waals surface area contributed by atoms with Crippen LogP contribution in [0.25, 0.3) is 0 Å². The van der Waals surface area contributed by atoms with Gasteiger partial charge in [0.05, 0.1) is 49.9 Å². The number of pyridine rings is 2. The number of nitrogens with zero attached hydrogens (tertiary/aromatic N) is 4. The van der Waals surface area contributed by atoms with Crippen molar-refractivity contribution >= 4 is 69.7 Å². The van der Waals surface area contributed by atoms with E-state index in [4.69, 9.17) is 56.2 Å². The van der Waals surface area contributed by atoms with Crippen LogP contribution in [0.4, 0.5) is 11.4 Å². The zero-order valence-corrected chi connectivity index (χ0v) is 27.7. The van der Waals surface area contributed by atoms with Crippen LogP contribution in [-0.2, 0) is 14.3 Å². The van der Waals surface area contributed by atoms with E-state index in [1.54, 1.807) is 24.8 Å². The molecule has 0 aliphatic carbocycles. The molecule has 2 unspecified atom stereocenters. The molecule has 0 spiro atoms. The van der Waals surface area contributed by atoms with Gasteiger partial charge in [0.1, 0.15) is 0 Å². The van der Waals surface area contributed by atoms with Crippen molar-refractivity contribution in [2.75, 3.05) is 42.6 Å². The van der Waals surface area contributed by atoms with Crippen LogP contribution in [-0.4, -0.2) is 65.3 Å². The minimum atomic E-state index is -0.719. The fourth-order valence-electron chi connectivity index (χ4n) is 4.80. The molecule has 0 radical (unpaired) electrons. The van der Waals surface area contributed by atoms with E-state index in [1.165, 1.54) is 0 Å². The van der Waals surface area contributed by atoms with Crippen LogP contribution < -0.4 is 39.4 Å². The number of carboxylic acids is 1. The van der Waals surface area contributed by atoms with Crippen molar-refractivity contribution in [3.8, 4) is 0 Å². The summed E-state index contributed by atoms with van der Waals surface area (Å²) in [5.41, 5.74) is 1.58. The summed E-state index contributed by atoms with van der Waals surface area (Å²) in [6.07, 6.45) is 11.0. The van der Waals surface area contributed by atoms with E-state index >= 15 is 0 Å². The molecule has 9 nitrogen and oxygen atoms in total. The Kier molecular flexibility index (Phi) is 17.1. The molecule has 4 heterocycles. The molecule has 0 aromatic carbocycles. The van der Waals surface area contributed by atoms with Gasteiger partial charge in [0.2, 0.25) is 0 Å². The number of hydrogen-bond acceptors (Lipinski definition) is 8. The molecule has 4 rings (SSSR count). The monoisotopic (exact) mass is 644 g/mol. The largest absolute Gasteiger partial charge is 1.00 e. The van der Waals surface area contributed by atoms with Crippen LogP contribution in [0.5, 0.6) is 0 Å². The Morgan fingerprint density at radius 3 is 1.60 bits per heavy atom. The second kappa shape index (κ2) is 18.5. The third kappa shape index (κ3) is 10.3. The molecule has 2 N–H and O–H groups in total. The smallest absolute Gasteiger partial charge is 0.870 e. The number of carbonyl (C=O) groups excluding carboxylic acids is 1. The van der Waals surface area contributed by atoms with Crippen molar-refractivity contribution in [2.45, 2.75) is 45.4 Å². The number of aliphatic carboxylic acids is 1. The van der Waals surface area contributed by atoms with E-state index in [-0.39, 0.29) is 52.8 Å². The van der Waals surface area contributed by atoms with Crippen molar-refractivity contribution in [3.05, 3.63) is 44.9 Å². The van der Waals surface area contributed by atoms with Gasteiger partial charge in [-0.1, -0.05) is 46.4 Å². The molecule has 0 bridgehead atoms. The number of carboxylic acid groups (broad SMARTS) is 1. The molecule has 2 aromatic heterocycles. The average molecular weight is 646 g/mol. The summed E-state index contributed by atoms with van der Waals surface area (Å²) in [6, 6.07) is 0. The number of aromatic nitrogens is 2. The van der Waals surface area contributed by atoms with Crippen LogP contribution in [0.15, 0.2) is 24.8 Å². The number of halogens is 4. The first-order chi connectivity index (χ1) is 18.2. The Balaban J connectivity index is 0.000000383.